The maximum absolute atomic E-state index is 11.8. The highest BCUT2D eigenvalue weighted by Gasteiger charge is 2.53. The molecule has 0 amide bonds. The molecule has 0 spiro atoms. The highest BCUT2D eigenvalue weighted by Crippen LogP contribution is 2.29. The summed E-state index contributed by atoms with van der Waals surface area (Å²) < 4.78 is 28.2. The van der Waals surface area contributed by atoms with Crippen LogP contribution in [0.15, 0.2) is 24.4 Å². The highest BCUT2D eigenvalue weighted by molar-refractivity contribution is 7.71. The highest BCUT2D eigenvalue weighted by atomic mass is 32.1. The first-order valence-electron chi connectivity index (χ1n) is 9.23. The molecule has 12 heteroatoms. The summed E-state index contributed by atoms with van der Waals surface area (Å²) in [7, 11) is 0. The lowest BCUT2D eigenvalue weighted by atomic mass is 9.98. The molecule has 1 aromatic rings. The van der Waals surface area contributed by atoms with E-state index in [1.54, 1.807) is 18.2 Å². The minimum atomic E-state index is -1.35. The molecule has 1 saturated heterocycles. The number of nitrogens with zero attached hydrogens (tertiary/aromatic N) is 1. The van der Waals surface area contributed by atoms with Gasteiger partial charge < -0.3 is 28.5 Å². The van der Waals surface area contributed by atoms with Crippen LogP contribution in [-0.4, -0.2) is 65.9 Å². The van der Waals surface area contributed by atoms with E-state index in [0.717, 1.165) is 20.8 Å². The number of aromatic nitrogens is 1. The van der Waals surface area contributed by atoms with Gasteiger partial charge >= 0.3 is 23.9 Å². The van der Waals surface area contributed by atoms with Gasteiger partial charge in [0.15, 0.2) is 12.2 Å². The largest absolute Gasteiger partial charge is 0.463 e. The summed E-state index contributed by atoms with van der Waals surface area (Å²) in [5, 5.41) is 0. The molecule has 1 aliphatic heterocycles. The fraction of sp³-hybridized carbons (Fsp3) is 0.526. The third kappa shape index (κ3) is 7.03. The average molecular weight is 457 g/mol. The number of esters is 4. The lowest BCUT2D eigenvalue weighted by Crippen LogP contribution is -2.64. The van der Waals surface area contributed by atoms with Gasteiger partial charge in [-0.1, -0.05) is 18.3 Å². The van der Waals surface area contributed by atoms with Crippen molar-refractivity contribution in [1.82, 2.24) is 4.73 Å². The van der Waals surface area contributed by atoms with Gasteiger partial charge in [0, 0.05) is 33.9 Å². The molecular weight excluding hydrogens is 434 g/mol. The molecule has 0 unspecified atom stereocenters. The molecule has 0 saturated carbocycles. The maximum Gasteiger partial charge on any atom is 0.303 e. The molecule has 2 heterocycles. The van der Waals surface area contributed by atoms with E-state index in [1.807, 2.05) is 0 Å². The smallest absolute Gasteiger partial charge is 0.303 e. The van der Waals surface area contributed by atoms with Gasteiger partial charge in [0.25, 0.3) is 6.29 Å². The van der Waals surface area contributed by atoms with Crippen molar-refractivity contribution in [3.8, 4) is 0 Å². The molecule has 1 fully saturated rings. The third-order valence-corrected chi connectivity index (χ3v) is 4.27. The van der Waals surface area contributed by atoms with Crippen LogP contribution in [0.1, 0.15) is 27.7 Å². The first-order valence-corrected chi connectivity index (χ1v) is 9.64. The van der Waals surface area contributed by atoms with Crippen molar-refractivity contribution in [3.05, 3.63) is 29.0 Å². The van der Waals surface area contributed by atoms with E-state index in [-0.39, 0.29) is 11.2 Å². The van der Waals surface area contributed by atoms with Crippen molar-refractivity contribution in [2.75, 3.05) is 6.61 Å². The topological polar surface area (TPSA) is 129 Å². The summed E-state index contributed by atoms with van der Waals surface area (Å²) in [6.07, 6.45) is -4.87. The number of carbonyl (C=O) groups is 4. The fourth-order valence-corrected chi connectivity index (χ4v) is 3.07. The summed E-state index contributed by atoms with van der Waals surface area (Å²) in [5.41, 5.74) is 0. The number of hydrogen-bond acceptors (Lipinski definition) is 11. The van der Waals surface area contributed by atoms with Crippen LogP contribution in [-0.2, 0) is 42.9 Å². The summed E-state index contributed by atoms with van der Waals surface area (Å²) in [4.78, 5) is 52.3. The molecule has 2 rings (SSSR count). The minimum absolute atomic E-state index is 0.273. The second-order valence-corrected chi connectivity index (χ2v) is 6.96. The molecule has 0 aliphatic carbocycles. The molecular formula is C19H23NO10S. The minimum Gasteiger partial charge on any atom is -0.463 e. The van der Waals surface area contributed by atoms with E-state index in [0.29, 0.717) is 0 Å². The Kier molecular flexibility index (Phi) is 8.51. The van der Waals surface area contributed by atoms with Gasteiger partial charge in [-0.3, -0.25) is 19.2 Å². The van der Waals surface area contributed by atoms with E-state index in [4.69, 9.17) is 40.7 Å². The van der Waals surface area contributed by atoms with Crippen molar-refractivity contribution in [3.63, 3.8) is 0 Å². The van der Waals surface area contributed by atoms with Gasteiger partial charge in [-0.05, 0) is 12.1 Å². The van der Waals surface area contributed by atoms with Crippen LogP contribution in [0.2, 0.25) is 0 Å². The molecule has 0 bridgehead atoms. The second kappa shape index (κ2) is 10.9. The van der Waals surface area contributed by atoms with E-state index in [2.05, 4.69) is 0 Å². The molecule has 0 radical (unpaired) electrons. The average Bonchev–Trinajstić information content (AvgIpc) is 2.65. The second-order valence-electron chi connectivity index (χ2n) is 6.54. The van der Waals surface area contributed by atoms with E-state index in [1.165, 1.54) is 17.9 Å². The zero-order chi connectivity index (χ0) is 23.1. The van der Waals surface area contributed by atoms with Gasteiger partial charge in [0.05, 0.1) is 0 Å². The molecule has 1 aliphatic rings. The summed E-state index contributed by atoms with van der Waals surface area (Å²) in [5.74, 6) is -2.79. The van der Waals surface area contributed by atoms with Crippen molar-refractivity contribution < 1.29 is 47.7 Å². The summed E-state index contributed by atoms with van der Waals surface area (Å²) in [6.45, 7) is 4.25. The number of hydrogen-bond donors (Lipinski definition) is 0. The Morgan fingerprint density at radius 3 is 2.03 bits per heavy atom. The van der Waals surface area contributed by atoms with Gasteiger partial charge in [0.2, 0.25) is 6.10 Å². The van der Waals surface area contributed by atoms with Gasteiger partial charge in [-0.25, -0.2) is 0 Å². The zero-order valence-corrected chi connectivity index (χ0v) is 18.2. The first kappa shape index (κ1) is 24.3. The molecule has 170 valence electrons. The lowest BCUT2D eigenvalue weighted by molar-refractivity contribution is -0.307. The number of carbonyl (C=O) groups excluding carboxylic acids is 4. The van der Waals surface area contributed by atoms with Crippen molar-refractivity contribution >= 4 is 36.1 Å². The fourth-order valence-electron chi connectivity index (χ4n) is 2.89. The number of ether oxygens (including phenoxy) is 5. The predicted octanol–water partition coefficient (Wildman–Crippen LogP) is 0.729. The van der Waals surface area contributed by atoms with Gasteiger partial charge in [0.1, 0.15) is 17.4 Å². The van der Waals surface area contributed by atoms with Crippen LogP contribution < -0.4 is 4.84 Å². The molecule has 1 aromatic heterocycles. The summed E-state index contributed by atoms with van der Waals surface area (Å²) in [6, 6.07) is 4.91. The van der Waals surface area contributed by atoms with Crippen molar-refractivity contribution in [2.45, 2.75) is 58.4 Å². The van der Waals surface area contributed by atoms with Crippen LogP contribution in [0.4, 0.5) is 0 Å². The Labute approximate surface area is 183 Å². The Bertz CT molecular complexity index is 884. The van der Waals surface area contributed by atoms with Crippen LogP contribution >= 0.6 is 12.2 Å². The van der Waals surface area contributed by atoms with Gasteiger partial charge in [-0.15, -0.1) is 0 Å². The molecule has 0 aromatic carbocycles. The van der Waals surface area contributed by atoms with Gasteiger partial charge in [-0.2, -0.15) is 4.73 Å². The third-order valence-electron chi connectivity index (χ3n) is 3.95. The molecule has 0 N–H and O–H groups in total. The quantitative estimate of drug-likeness (QED) is 0.326. The monoisotopic (exact) mass is 457 g/mol. The SMILES string of the molecule is CC(=O)OC[C@H]1O[C@@H](On2ccccc2=S)[C@H](OC(C)=O)[C@@H](OC(C)=O)[C@@H]1OC(C)=O. The zero-order valence-electron chi connectivity index (χ0n) is 17.3. The van der Waals surface area contributed by atoms with E-state index in [9.17, 15) is 19.2 Å². The van der Waals surface area contributed by atoms with Crippen LogP contribution in [0.3, 0.4) is 0 Å². The predicted molar refractivity (Wildman–Crippen MR) is 104 cm³/mol. The Balaban J connectivity index is 2.47. The Morgan fingerprint density at radius 2 is 1.48 bits per heavy atom. The number of pyridine rings is 1. The van der Waals surface area contributed by atoms with Crippen LogP contribution in [0, 0.1) is 4.64 Å². The van der Waals surface area contributed by atoms with Crippen molar-refractivity contribution in [2.24, 2.45) is 0 Å². The Hall–Kier alpha value is -2.99. The Morgan fingerprint density at radius 1 is 0.903 bits per heavy atom. The molecule has 11 nitrogen and oxygen atoms in total. The first-order chi connectivity index (χ1) is 14.6. The molecule has 5 atom stereocenters. The lowest BCUT2D eigenvalue weighted by Gasteiger charge is -2.43. The van der Waals surface area contributed by atoms with E-state index >= 15 is 0 Å². The standard InChI is InChI=1S/C19H23NO10S/c1-10(21)25-9-14-16(26-11(2)22)17(27-12(3)23)18(28-13(4)24)19(29-14)30-20-8-6-5-7-15(20)31/h5-8,14,16-19H,9H2,1-4H3/t14-,16-,17+,18-,19+/m1/s1. The summed E-state index contributed by atoms with van der Waals surface area (Å²) >= 11 is 5.19. The normalized spacial score (nSPS) is 25.1. The van der Waals surface area contributed by atoms with E-state index < -0.39 is 54.6 Å². The van der Waals surface area contributed by atoms with Crippen LogP contribution in [0.25, 0.3) is 0 Å². The molecule has 31 heavy (non-hydrogen) atoms. The van der Waals surface area contributed by atoms with Crippen molar-refractivity contribution in [1.29, 1.82) is 0 Å². The van der Waals surface area contributed by atoms with Crippen LogP contribution in [0.5, 0.6) is 0 Å². The maximum atomic E-state index is 11.8. The number of rotatable bonds is 7.